The number of nitrogens with two attached hydrogens (primary N) is 1. The molecule has 1 aromatic rings. The van der Waals surface area contributed by atoms with E-state index in [9.17, 15) is 4.79 Å². The van der Waals surface area contributed by atoms with E-state index >= 15 is 0 Å². The molecule has 4 N–H and O–H groups in total. The van der Waals surface area contributed by atoms with Gasteiger partial charge in [-0.25, -0.2) is 0 Å². The molecule has 0 aliphatic carbocycles. The monoisotopic (exact) mass is 206 g/mol. The number of primary amides is 1. The number of rotatable bonds is 4. The summed E-state index contributed by atoms with van der Waals surface area (Å²) in [6.07, 6.45) is 2.64. The fourth-order valence-corrected chi connectivity index (χ4v) is 1.15. The van der Waals surface area contributed by atoms with Gasteiger partial charge in [-0.2, -0.15) is 0 Å². The molecule has 0 fully saturated rings. The average molecular weight is 206 g/mol. The van der Waals surface area contributed by atoms with Crippen LogP contribution in [0.3, 0.4) is 0 Å². The van der Waals surface area contributed by atoms with Crippen LogP contribution in [0.25, 0.3) is 0 Å². The van der Waals surface area contributed by atoms with Gasteiger partial charge in [0.2, 0.25) is 0 Å². The van der Waals surface area contributed by atoms with Gasteiger partial charge in [0.25, 0.3) is 5.91 Å². The number of carbonyl (C=O) groups excluding carboxylic acids is 1. The first kappa shape index (κ1) is 11.2. The van der Waals surface area contributed by atoms with Crippen LogP contribution in [0.15, 0.2) is 12.3 Å². The number of carbonyl (C=O) groups is 1. The summed E-state index contributed by atoms with van der Waals surface area (Å²) in [6.45, 7) is 3.94. The van der Waals surface area contributed by atoms with Gasteiger partial charge < -0.3 is 16.5 Å². The van der Waals surface area contributed by atoms with Crippen molar-refractivity contribution in [3.05, 3.63) is 23.5 Å². The number of nitrogens with zero attached hydrogens (tertiary/aromatic N) is 1. The van der Waals surface area contributed by atoms with Crippen molar-refractivity contribution in [3.8, 4) is 0 Å². The van der Waals surface area contributed by atoms with Crippen LogP contribution in [0.5, 0.6) is 0 Å². The Morgan fingerprint density at radius 1 is 1.67 bits per heavy atom. The molecule has 0 bridgehead atoms. The van der Waals surface area contributed by atoms with E-state index in [0.29, 0.717) is 11.3 Å². The highest BCUT2D eigenvalue weighted by molar-refractivity contribution is 5.94. The molecular formula is C10H14N4O. The molecule has 5 heteroatoms. The van der Waals surface area contributed by atoms with E-state index in [4.69, 9.17) is 11.1 Å². The van der Waals surface area contributed by atoms with E-state index in [2.05, 4.69) is 10.3 Å². The third-order valence-corrected chi connectivity index (χ3v) is 1.79. The molecule has 0 saturated heterocycles. The van der Waals surface area contributed by atoms with Crippen molar-refractivity contribution in [3.63, 3.8) is 0 Å². The molecule has 1 rings (SSSR count). The van der Waals surface area contributed by atoms with Crippen molar-refractivity contribution >= 4 is 17.8 Å². The molecule has 0 radical (unpaired) electrons. The van der Waals surface area contributed by atoms with Gasteiger partial charge in [-0.15, -0.1) is 0 Å². The maximum Gasteiger partial charge on any atom is 0.267 e. The molecule has 5 nitrogen and oxygen atoms in total. The molecule has 80 valence electrons. The maximum atomic E-state index is 10.9. The van der Waals surface area contributed by atoms with E-state index in [1.54, 1.807) is 6.07 Å². The van der Waals surface area contributed by atoms with E-state index in [1.165, 1.54) is 12.4 Å². The number of pyridine rings is 1. The first-order valence-corrected chi connectivity index (χ1v) is 4.61. The molecule has 1 aromatic heterocycles. The molecule has 1 amide bonds. The number of amides is 1. The summed E-state index contributed by atoms with van der Waals surface area (Å²) in [5.74, 6) is -0.571. The van der Waals surface area contributed by atoms with Crippen molar-refractivity contribution in [2.45, 2.75) is 19.9 Å². The lowest BCUT2D eigenvalue weighted by Gasteiger charge is -2.12. The minimum absolute atomic E-state index is 0.198. The quantitative estimate of drug-likeness (QED) is 0.641. The van der Waals surface area contributed by atoms with Gasteiger partial charge in [-0.1, -0.05) is 0 Å². The first-order chi connectivity index (χ1) is 7.04. The Labute approximate surface area is 88.2 Å². The van der Waals surface area contributed by atoms with Crippen LogP contribution in [0.1, 0.15) is 29.9 Å². The highest BCUT2D eigenvalue weighted by Gasteiger charge is 2.07. The average Bonchev–Trinajstić information content (AvgIpc) is 2.16. The van der Waals surface area contributed by atoms with Crippen LogP contribution in [0.2, 0.25) is 0 Å². The largest absolute Gasteiger partial charge is 0.382 e. The number of aromatic nitrogens is 1. The molecule has 0 unspecified atom stereocenters. The van der Waals surface area contributed by atoms with E-state index < -0.39 is 5.91 Å². The van der Waals surface area contributed by atoms with Crippen molar-refractivity contribution in [2.24, 2.45) is 5.73 Å². The third-order valence-electron chi connectivity index (χ3n) is 1.79. The first-order valence-electron chi connectivity index (χ1n) is 4.61. The highest BCUT2D eigenvalue weighted by Crippen LogP contribution is 2.14. The fraction of sp³-hybridized carbons (Fsp3) is 0.300. The van der Waals surface area contributed by atoms with Gasteiger partial charge in [0.1, 0.15) is 5.69 Å². The molecule has 1 heterocycles. The third kappa shape index (κ3) is 2.77. The lowest BCUT2D eigenvalue weighted by atomic mass is 10.2. The zero-order valence-corrected chi connectivity index (χ0v) is 8.74. The van der Waals surface area contributed by atoms with Gasteiger partial charge in [-0.3, -0.25) is 9.78 Å². The van der Waals surface area contributed by atoms with E-state index in [1.807, 2.05) is 13.8 Å². The molecule has 0 aliphatic rings. The normalized spacial score (nSPS) is 10.1. The Bertz CT molecular complexity index is 387. The molecule has 0 atom stereocenters. The topological polar surface area (TPSA) is 91.9 Å². The summed E-state index contributed by atoms with van der Waals surface area (Å²) in [5, 5.41) is 10.3. The fourth-order valence-electron chi connectivity index (χ4n) is 1.15. The van der Waals surface area contributed by atoms with Gasteiger partial charge in [-0.05, 0) is 19.9 Å². The summed E-state index contributed by atoms with van der Waals surface area (Å²) in [6, 6.07) is 1.77. The maximum absolute atomic E-state index is 10.9. The summed E-state index contributed by atoms with van der Waals surface area (Å²) in [7, 11) is 0. The van der Waals surface area contributed by atoms with Crippen molar-refractivity contribution in [1.29, 1.82) is 5.41 Å². The van der Waals surface area contributed by atoms with Gasteiger partial charge in [0, 0.05) is 29.7 Å². The predicted octanol–water partition coefficient (Wildman–Crippen LogP) is 0.998. The molecule has 15 heavy (non-hydrogen) atoms. The van der Waals surface area contributed by atoms with Crippen LogP contribution < -0.4 is 11.1 Å². The SMILES string of the molecule is CC(C)Nc1cc(C(N)=O)ncc1C=N. The lowest BCUT2D eigenvalue weighted by Crippen LogP contribution is -2.16. The predicted molar refractivity (Wildman–Crippen MR) is 59.4 cm³/mol. The van der Waals surface area contributed by atoms with Gasteiger partial charge in [0.15, 0.2) is 0 Å². The van der Waals surface area contributed by atoms with Crippen molar-refractivity contribution < 1.29 is 4.79 Å². The van der Waals surface area contributed by atoms with Crippen LogP contribution >= 0.6 is 0 Å². The zero-order valence-electron chi connectivity index (χ0n) is 8.74. The summed E-state index contributed by atoms with van der Waals surface area (Å²) >= 11 is 0. The smallest absolute Gasteiger partial charge is 0.267 e. The Morgan fingerprint density at radius 2 is 2.33 bits per heavy atom. The number of hydrogen-bond donors (Lipinski definition) is 3. The molecular weight excluding hydrogens is 192 g/mol. The minimum atomic E-state index is -0.571. The summed E-state index contributed by atoms with van der Waals surface area (Å²) in [5.41, 5.74) is 6.65. The number of nitrogens with one attached hydrogen (secondary N) is 2. The second-order valence-corrected chi connectivity index (χ2v) is 3.46. The molecule has 0 saturated carbocycles. The Balaban J connectivity index is 3.12. The van der Waals surface area contributed by atoms with Crippen molar-refractivity contribution in [2.75, 3.05) is 5.32 Å². The standard InChI is InChI=1S/C10H14N4O/c1-6(2)14-8-3-9(10(12)15)13-5-7(8)4-11/h3-6,11H,1-2H3,(H2,12,15)(H,13,14). The number of anilines is 1. The summed E-state index contributed by atoms with van der Waals surface area (Å²) < 4.78 is 0. The van der Waals surface area contributed by atoms with Crippen LogP contribution in [0.4, 0.5) is 5.69 Å². The molecule has 0 aromatic carbocycles. The second kappa shape index (κ2) is 4.54. The van der Waals surface area contributed by atoms with E-state index in [-0.39, 0.29) is 11.7 Å². The summed E-state index contributed by atoms with van der Waals surface area (Å²) in [4.78, 5) is 14.8. The Hall–Kier alpha value is -1.91. The lowest BCUT2D eigenvalue weighted by molar-refractivity contribution is 0.0995. The minimum Gasteiger partial charge on any atom is -0.382 e. The Morgan fingerprint density at radius 3 is 2.80 bits per heavy atom. The van der Waals surface area contributed by atoms with Gasteiger partial charge >= 0.3 is 0 Å². The van der Waals surface area contributed by atoms with Gasteiger partial charge in [0.05, 0.1) is 0 Å². The number of hydrogen-bond acceptors (Lipinski definition) is 4. The van der Waals surface area contributed by atoms with Crippen LogP contribution in [-0.4, -0.2) is 23.1 Å². The highest BCUT2D eigenvalue weighted by atomic mass is 16.1. The van der Waals surface area contributed by atoms with E-state index in [0.717, 1.165) is 0 Å². The van der Waals surface area contributed by atoms with Crippen LogP contribution in [0, 0.1) is 5.41 Å². The van der Waals surface area contributed by atoms with Crippen LogP contribution in [-0.2, 0) is 0 Å². The zero-order chi connectivity index (χ0) is 11.4. The van der Waals surface area contributed by atoms with Crippen molar-refractivity contribution in [1.82, 2.24) is 4.98 Å². The Kier molecular flexibility index (Phi) is 3.38. The molecule has 0 aliphatic heterocycles. The second-order valence-electron chi connectivity index (χ2n) is 3.46. The molecule has 0 spiro atoms.